The number of rotatable bonds is 7. The molecule has 0 bridgehead atoms. The van der Waals surface area contributed by atoms with Crippen molar-refractivity contribution in [1.29, 1.82) is 0 Å². The maximum Gasteiger partial charge on any atom is 0.407 e. The van der Waals surface area contributed by atoms with Gasteiger partial charge in [0.2, 0.25) is 5.91 Å². The number of carboxylic acids is 1. The number of hydrogen-bond acceptors (Lipinski definition) is 5. The lowest BCUT2D eigenvalue weighted by molar-refractivity contribution is -0.161. The van der Waals surface area contributed by atoms with E-state index in [0.29, 0.717) is 0 Å². The van der Waals surface area contributed by atoms with Gasteiger partial charge in [0, 0.05) is 26.0 Å². The molecule has 1 heterocycles. The monoisotopic (exact) mass is 466 g/mol. The minimum atomic E-state index is -1.42. The van der Waals surface area contributed by atoms with Gasteiger partial charge in [-0.2, -0.15) is 0 Å². The van der Waals surface area contributed by atoms with Gasteiger partial charge >= 0.3 is 12.1 Å². The third-order valence-corrected chi connectivity index (χ3v) is 6.87. The van der Waals surface area contributed by atoms with Crippen LogP contribution in [0.15, 0.2) is 48.5 Å². The summed E-state index contributed by atoms with van der Waals surface area (Å²) in [5, 5.41) is 12.2. The Morgan fingerprint density at radius 1 is 1.09 bits per heavy atom. The number of fused-ring (bicyclic) bond motifs is 3. The standard InChI is InChI=1S/C26H30N2O6/c1-16(2)22(23(29)28-13-12-26(15-28,33-3)24(30)31)27-25(32)34-14-21-19-10-6-4-8-17(19)18-9-5-7-11-20(18)21/h4-11,16,21-22H,12-15H2,1-3H3,(H,27,32)(H,30,31)/t22-,26?/m1/s1. The molecule has 1 saturated heterocycles. The number of nitrogens with one attached hydrogen (secondary N) is 1. The van der Waals surface area contributed by atoms with Crippen LogP contribution in [0.5, 0.6) is 0 Å². The van der Waals surface area contributed by atoms with E-state index in [1.54, 1.807) is 0 Å². The van der Waals surface area contributed by atoms with E-state index in [-0.39, 0.29) is 43.9 Å². The lowest BCUT2D eigenvalue weighted by Gasteiger charge is -2.28. The van der Waals surface area contributed by atoms with Crippen LogP contribution in [0.2, 0.25) is 0 Å². The first kappa shape index (κ1) is 23.8. The van der Waals surface area contributed by atoms with Crippen LogP contribution in [0, 0.1) is 5.92 Å². The van der Waals surface area contributed by atoms with Crippen molar-refractivity contribution in [3.63, 3.8) is 0 Å². The van der Waals surface area contributed by atoms with Gasteiger partial charge in [-0.25, -0.2) is 9.59 Å². The van der Waals surface area contributed by atoms with Crippen LogP contribution in [0.25, 0.3) is 11.1 Å². The van der Waals surface area contributed by atoms with Gasteiger partial charge in [0.25, 0.3) is 0 Å². The highest BCUT2D eigenvalue weighted by atomic mass is 16.5. The zero-order chi connectivity index (χ0) is 24.5. The number of ether oxygens (including phenoxy) is 2. The highest BCUT2D eigenvalue weighted by Crippen LogP contribution is 2.44. The van der Waals surface area contributed by atoms with Crippen LogP contribution in [0.1, 0.15) is 37.3 Å². The number of likely N-dealkylation sites (tertiary alicyclic amines) is 1. The van der Waals surface area contributed by atoms with E-state index in [4.69, 9.17) is 9.47 Å². The predicted octanol–water partition coefficient (Wildman–Crippen LogP) is 3.25. The topological polar surface area (TPSA) is 105 Å². The average Bonchev–Trinajstić information content (AvgIpc) is 3.41. The smallest absolute Gasteiger partial charge is 0.407 e. The molecule has 1 unspecified atom stereocenters. The number of aliphatic carboxylic acids is 1. The Morgan fingerprint density at radius 2 is 1.68 bits per heavy atom. The molecule has 0 radical (unpaired) electrons. The van der Waals surface area contributed by atoms with E-state index in [2.05, 4.69) is 17.4 Å². The highest BCUT2D eigenvalue weighted by Gasteiger charge is 2.48. The number of nitrogens with zero attached hydrogens (tertiary/aromatic N) is 1. The number of alkyl carbamates (subject to hydrolysis) is 1. The first-order valence-corrected chi connectivity index (χ1v) is 11.5. The SMILES string of the molecule is COC1(C(=O)O)CCN(C(=O)[C@H](NC(=O)OCC2c3ccccc3-c3ccccc32)C(C)C)C1. The van der Waals surface area contributed by atoms with Crippen molar-refractivity contribution in [3.05, 3.63) is 59.7 Å². The molecule has 8 heteroatoms. The minimum Gasteiger partial charge on any atom is -0.479 e. The summed E-state index contributed by atoms with van der Waals surface area (Å²) >= 11 is 0. The van der Waals surface area contributed by atoms with Gasteiger partial charge in [0.15, 0.2) is 5.60 Å². The van der Waals surface area contributed by atoms with Gasteiger partial charge in [-0.05, 0) is 28.2 Å². The molecule has 0 spiro atoms. The summed E-state index contributed by atoms with van der Waals surface area (Å²) in [6.07, 6.45) is -0.482. The number of hydrogen-bond donors (Lipinski definition) is 2. The van der Waals surface area contributed by atoms with Gasteiger partial charge < -0.3 is 24.8 Å². The van der Waals surface area contributed by atoms with Crippen LogP contribution in [-0.4, -0.2) is 66.4 Å². The van der Waals surface area contributed by atoms with Crippen LogP contribution in [-0.2, 0) is 19.1 Å². The summed E-state index contributed by atoms with van der Waals surface area (Å²) in [5.74, 6) is -1.74. The summed E-state index contributed by atoms with van der Waals surface area (Å²) in [7, 11) is 1.33. The number of carbonyl (C=O) groups excluding carboxylic acids is 2. The van der Waals surface area contributed by atoms with Gasteiger partial charge in [-0.15, -0.1) is 0 Å². The van der Waals surface area contributed by atoms with Crippen LogP contribution in [0.3, 0.4) is 0 Å². The molecule has 180 valence electrons. The molecule has 2 aromatic carbocycles. The van der Waals surface area contributed by atoms with Gasteiger partial charge in [-0.1, -0.05) is 62.4 Å². The quantitative estimate of drug-likeness (QED) is 0.649. The molecule has 34 heavy (non-hydrogen) atoms. The van der Waals surface area contributed by atoms with Crippen molar-refractivity contribution < 1.29 is 29.0 Å². The number of amides is 2. The fourth-order valence-electron chi connectivity index (χ4n) is 4.88. The van der Waals surface area contributed by atoms with Crippen LogP contribution in [0.4, 0.5) is 4.79 Å². The summed E-state index contributed by atoms with van der Waals surface area (Å²) in [6, 6.07) is 15.3. The Hall–Kier alpha value is -3.39. The second-order valence-corrected chi connectivity index (χ2v) is 9.20. The highest BCUT2D eigenvalue weighted by molar-refractivity contribution is 5.88. The second-order valence-electron chi connectivity index (χ2n) is 9.20. The van der Waals surface area contributed by atoms with Gasteiger partial charge in [0.05, 0.1) is 6.54 Å². The Kier molecular flexibility index (Phi) is 6.61. The maximum absolute atomic E-state index is 13.1. The van der Waals surface area contributed by atoms with Crippen molar-refractivity contribution in [2.75, 3.05) is 26.8 Å². The molecule has 1 aliphatic heterocycles. The van der Waals surface area contributed by atoms with E-state index < -0.39 is 23.7 Å². The van der Waals surface area contributed by atoms with Crippen molar-refractivity contribution in [2.45, 2.75) is 37.8 Å². The van der Waals surface area contributed by atoms with E-state index in [1.165, 1.54) is 12.0 Å². The van der Waals surface area contributed by atoms with Crippen LogP contribution >= 0.6 is 0 Å². The Bertz CT molecular complexity index is 1050. The molecule has 0 aromatic heterocycles. The van der Waals surface area contributed by atoms with E-state index in [0.717, 1.165) is 22.3 Å². The molecule has 1 fully saturated rings. The molecular weight excluding hydrogens is 436 g/mol. The van der Waals surface area contributed by atoms with Crippen LogP contribution < -0.4 is 5.32 Å². The fraction of sp³-hybridized carbons (Fsp3) is 0.423. The maximum atomic E-state index is 13.1. The average molecular weight is 467 g/mol. The Balaban J connectivity index is 1.42. The number of methoxy groups -OCH3 is 1. The lowest BCUT2D eigenvalue weighted by Crippen LogP contribution is -2.52. The number of benzene rings is 2. The summed E-state index contributed by atoms with van der Waals surface area (Å²) < 4.78 is 10.8. The molecule has 8 nitrogen and oxygen atoms in total. The molecule has 2 N–H and O–H groups in total. The number of carbonyl (C=O) groups is 3. The Labute approximate surface area is 198 Å². The summed E-state index contributed by atoms with van der Waals surface area (Å²) in [4.78, 5) is 38.9. The van der Waals surface area contributed by atoms with Gasteiger partial charge in [-0.3, -0.25) is 4.79 Å². The Morgan fingerprint density at radius 3 is 2.18 bits per heavy atom. The molecule has 2 atom stereocenters. The lowest BCUT2D eigenvalue weighted by atomic mass is 9.98. The summed E-state index contributed by atoms with van der Waals surface area (Å²) in [6.45, 7) is 3.97. The molecule has 1 aliphatic carbocycles. The normalized spacial score (nSPS) is 20.1. The number of carboxylic acid groups (broad SMARTS) is 1. The molecule has 2 aliphatic rings. The van der Waals surface area contributed by atoms with Crippen molar-refractivity contribution in [2.24, 2.45) is 5.92 Å². The van der Waals surface area contributed by atoms with E-state index in [9.17, 15) is 19.5 Å². The largest absolute Gasteiger partial charge is 0.479 e. The third kappa shape index (κ3) is 4.25. The van der Waals surface area contributed by atoms with Crippen molar-refractivity contribution in [1.82, 2.24) is 10.2 Å². The zero-order valence-corrected chi connectivity index (χ0v) is 19.6. The first-order chi connectivity index (χ1) is 16.3. The minimum absolute atomic E-state index is 0.0622. The predicted molar refractivity (Wildman–Crippen MR) is 125 cm³/mol. The van der Waals surface area contributed by atoms with E-state index in [1.807, 2.05) is 50.2 Å². The zero-order valence-electron chi connectivity index (χ0n) is 19.6. The summed E-state index contributed by atoms with van der Waals surface area (Å²) in [5.41, 5.74) is 3.07. The van der Waals surface area contributed by atoms with Crippen molar-refractivity contribution in [3.8, 4) is 11.1 Å². The molecular formula is C26H30N2O6. The third-order valence-electron chi connectivity index (χ3n) is 6.87. The molecule has 0 saturated carbocycles. The molecule has 2 aromatic rings. The van der Waals surface area contributed by atoms with E-state index >= 15 is 0 Å². The van der Waals surface area contributed by atoms with Crippen molar-refractivity contribution >= 4 is 18.0 Å². The fourth-order valence-corrected chi connectivity index (χ4v) is 4.88. The molecule has 4 rings (SSSR count). The van der Waals surface area contributed by atoms with Gasteiger partial charge in [0.1, 0.15) is 12.6 Å². The first-order valence-electron chi connectivity index (χ1n) is 11.5. The molecule has 2 amide bonds. The second kappa shape index (κ2) is 9.46.